The third-order valence-electron chi connectivity index (χ3n) is 6.02. The molecule has 2 heterocycles. The van der Waals surface area contributed by atoms with Gasteiger partial charge in [0.05, 0.1) is 23.7 Å². The Morgan fingerprint density at radius 2 is 1.90 bits per heavy atom. The fourth-order valence-corrected chi connectivity index (χ4v) is 5.58. The van der Waals surface area contributed by atoms with Crippen LogP contribution in [0.25, 0.3) is 11.4 Å². The monoisotopic (exact) mass is 454 g/mol. The van der Waals surface area contributed by atoms with Crippen molar-refractivity contribution >= 4 is 34.9 Å². The van der Waals surface area contributed by atoms with E-state index < -0.39 is 0 Å². The summed E-state index contributed by atoms with van der Waals surface area (Å²) >= 11 is 8.44. The van der Waals surface area contributed by atoms with E-state index in [1.807, 2.05) is 18.8 Å². The molecule has 1 saturated carbocycles. The molecule has 162 valence electrons. The highest BCUT2D eigenvalue weighted by atomic mass is 35.5. The number of hydrogen-bond donors (Lipinski definition) is 1. The number of thioether (sulfide) groups is 1. The molecule has 1 aliphatic heterocycles. The maximum absolute atomic E-state index is 6.56. The van der Waals surface area contributed by atoms with E-state index in [1.54, 1.807) is 0 Å². The van der Waals surface area contributed by atoms with Gasteiger partial charge in [0, 0.05) is 47.4 Å². The lowest BCUT2D eigenvalue weighted by Gasteiger charge is -2.29. The predicted molar refractivity (Wildman–Crippen MR) is 130 cm³/mol. The van der Waals surface area contributed by atoms with Crippen molar-refractivity contribution in [3.05, 3.63) is 58.1 Å². The van der Waals surface area contributed by atoms with Gasteiger partial charge in [0.25, 0.3) is 0 Å². The number of benzene rings is 1. The average Bonchev–Trinajstić information content (AvgIpc) is 3.62. The van der Waals surface area contributed by atoms with Gasteiger partial charge in [0.1, 0.15) is 5.82 Å². The first-order valence-corrected chi connectivity index (χ1v) is 12.1. The fraction of sp³-hybridized carbons (Fsp3) is 0.417. The van der Waals surface area contributed by atoms with Crippen LogP contribution in [0.3, 0.4) is 0 Å². The fourth-order valence-electron chi connectivity index (χ4n) is 3.98. The Kier molecular flexibility index (Phi) is 5.95. The van der Waals surface area contributed by atoms with Crippen molar-refractivity contribution in [1.29, 1.82) is 0 Å². The molecule has 2 aliphatic carbocycles. The number of hydrogen-bond acceptors (Lipinski definition) is 6. The predicted octanol–water partition coefficient (Wildman–Crippen LogP) is 5.54. The van der Waals surface area contributed by atoms with E-state index >= 15 is 0 Å². The lowest BCUT2D eigenvalue weighted by molar-refractivity contribution is 0.122. The van der Waals surface area contributed by atoms with E-state index in [1.165, 1.54) is 4.91 Å². The van der Waals surface area contributed by atoms with E-state index in [0.717, 1.165) is 85.6 Å². The number of halogens is 1. The molecule has 5 rings (SSSR count). The van der Waals surface area contributed by atoms with Crippen molar-refractivity contribution in [3.63, 3.8) is 0 Å². The van der Waals surface area contributed by atoms with Gasteiger partial charge < -0.3 is 15.0 Å². The SMILES string of the molecule is CNc1ccc(-c2nc(N3CCOCC3)cc(C3(SC4=C(Cl)CCC=C4)CC3)n2)cc1. The lowest BCUT2D eigenvalue weighted by atomic mass is 10.1. The molecule has 2 fully saturated rings. The van der Waals surface area contributed by atoms with Crippen LogP contribution in [0.1, 0.15) is 31.4 Å². The zero-order chi connectivity index (χ0) is 21.3. The molecule has 0 radical (unpaired) electrons. The zero-order valence-corrected chi connectivity index (χ0v) is 19.3. The Labute approximate surface area is 192 Å². The highest BCUT2D eigenvalue weighted by Gasteiger charge is 2.48. The first-order valence-electron chi connectivity index (χ1n) is 10.9. The highest BCUT2D eigenvalue weighted by molar-refractivity contribution is 8.04. The van der Waals surface area contributed by atoms with Crippen LogP contribution in [0.5, 0.6) is 0 Å². The number of morpholine rings is 1. The summed E-state index contributed by atoms with van der Waals surface area (Å²) in [6, 6.07) is 10.5. The Morgan fingerprint density at radius 3 is 2.58 bits per heavy atom. The number of anilines is 2. The zero-order valence-electron chi connectivity index (χ0n) is 17.7. The van der Waals surface area contributed by atoms with Crippen molar-refractivity contribution in [2.75, 3.05) is 43.6 Å². The summed E-state index contributed by atoms with van der Waals surface area (Å²) in [5, 5.41) is 4.15. The van der Waals surface area contributed by atoms with Crippen LogP contribution >= 0.6 is 23.4 Å². The topological polar surface area (TPSA) is 50.3 Å². The van der Waals surface area contributed by atoms with Gasteiger partial charge in [-0.25, -0.2) is 9.97 Å². The van der Waals surface area contributed by atoms with E-state index in [9.17, 15) is 0 Å². The first-order chi connectivity index (χ1) is 15.2. The molecule has 31 heavy (non-hydrogen) atoms. The number of allylic oxidation sites excluding steroid dienone is 3. The largest absolute Gasteiger partial charge is 0.388 e. The molecule has 2 aromatic rings. The second-order valence-electron chi connectivity index (χ2n) is 8.17. The Balaban J connectivity index is 1.53. The second-order valence-corrected chi connectivity index (χ2v) is 10.0. The normalized spacial score (nSPS) is 20.1. The van der Waals surface area contributed by atoms with Gasteiger partial charge in [0.15, 0.2) is 5.82 Å². The van der Waals surface area contributed by atoms with Crippen LogP contribution in [-0.4, -0.2) is 43.3 Å². The minimum absolute atomic E-state index is 0.0131. The quantitative estimate of drug-likeness (QED) is 0.618. The van der Waals surface area contributed by atoms with Crippen LogP contribution in [0.2, 0.25) is 0 Å². The number of rotatable bonds is 6. The molecule has 0 amide bonds. The van der Waals surface area contributed by atoms with Crippen LogP contribution < -0.4 is 10.2 Å². The van der Waals surface area contributed by atoms with Crippen molar-refractivity contribution < 1.29 is 4.74 Å². The van der Waals surface area contributed by atoms with Crippen molar-refractivity contribution in [1.82, 2.24) is 9.97 Å². The average molecular weight is 455 g/mol. The Bertz CT molecular complexity index is 1010. The molecule has 1 aromatic heterocycles. The number of nitrogens with one attached hydrogen (secondary N) is 1. The van der Waals surface area contributed by atoms with E-state index in [0.29, 0.717) is 0 Å². The third-order valence-corrected chi connectivity index (χ3v) is 8.14. The van der Waals surface area contributed by atoms with Crippen LogP contribution in [0.15, 0.2) is 52.4 Å². The molecule has 3 aliphatic rings. The molecular formula is C24H27ClN4OS. The minimum Gasteiger partial charge on any atom is -0.388 e. The number of nitrogens with zero attached hydrogens (tertiary/aromatic N) is 3. The molecule has 0 spiro atoms. The molecule has 0 bridgehead atoms. The summed E-state index contributed by atoms with van der Waals surface area (Å²) in [5.41, 5.74) is 3.22. The van der Waals surface area contributed by atoms with Gasteiger partial charge in [-0.05, 0) is 49.9 Å². The maximum Gasteiger partial charge on any atom is 0.161 e. The Morgan fingerprint density at radius 1 is 1.13 bits per heavy atom. The second kappa shape index (κ2) is 8.85. The van der Waals surface area contributed by atoms with Crippen molar-refractivity contribution in [2.24, 2.45) is 0 Å². The molecule has 1 aromatic carbocycles. The summed E-state index contributed by atoms with van der Waals surface area (Å²) in [6.45, 7) is 3.18. The van der Waals surface area contributed by atoms with Gasteiger partial charge in [-0.1, -0.05) is 23.8 Å². The molecule has 7 heteroatoms. The van der Waals surface area contributed by atoms with E-state index in [2.05, 4.69) is 52.7 Å². The standard InChI is InChI=1S/C24H27ClN4OS/c1-26-18-8-6-17(7-9-18)23-27-21(16-22(28-23)29-12-14-30-15-13-29)24(10-11-24)31-20-5-3-2-4-19(20)25/h3,5-9,16,26H,2,4,10-15H2,1H3. The van der Waals surface area contributed by atoms with Gasteiger partial charge in [-0.2, -0.15) is 0 Å². The summed E-state index contributed by atoms with van der Waals surface area (Å²) in [7, 11) is 1.93. The first kappa shape index (κ1) is 20.9. The van der Waals surface area contributed by atoms with Gasteiger partial charge in [0.2, 0.25) is 0 Å². The van der Waals surface area contributed by atoms with Crippen LogP contribution in [-0.2, 0) is 9.48 Å². The highest BCUT2D eigenvalue weighted by Crippen LogP contribution is 2.60. The summed E-state index contributed by atoms with van der Waals surface area (Å²) in [4.78, 5) is 13.5. The number of ether oxygens (including phenoxy) is 1. The smallest absolute Gasteiger partial charge is 0.161 e. The van der Waals surface area contributed by atoms with E-state index in [4.69, 9.17) is 26.3 Å². The maximum atomic E-state index is 6.56. The molecule has 0 unspecified atom stereocenters. The summed E-state index contributed by atoms with van der Waals surface area (Å²) < 4.78 is 5.55. The van der Waals surface area contributed by atoms with Gasteiger partial charge in [-0.15, -0.1) is 11.8 Å². The van der Waals surface area contributed by atoms with Crippen LogP contribution in [0, 0.1) is 0 Å². The number of aromatic nitrogens is 2. The minimum atomic E-state index is -0.0131. The molecular weight excluding hydrogens is 428 g/mol. The third kappa shape index (κ3) is 4.47. The van der Waals surface area contributed by atoms with E-state index in [-0.39, 0.29) is 4.75 Å². The Hall–Kier alpha value is -2.02. The molecule has 5 nitrogen and oxygen atoms in total. The lowest BCUT2D eigenvalue weighted by Crippen LogP contribution is -2.37. The summed E-state index contributed by atoms with van der Waals surface area (Å²) in [6.07, 6.45) is 8.57. The molecule has 1 N–H and O–H groups in total. The summed E-state index contributed by atoms with van der Waals surface area (Å²) in [5.74, 6) is 1.78. The van der Waals surface area contributed by atoms with Crippen molar-refractivity contribution in [2.45, 2.75) is 30.4 Å². The molecule has 0 atom stereocenters. The van der Waals surface area contributed by atoms with Gasteiger partial charge in [-0.3, -0.25) is 0 Å². The van der Waals surface area contributed by atoms with Gasteiger partial charge >= 0.3 is 0 Å². The molecule has 1 saturated heterocycles. The van der Waals surface area contributed by atoms with Crippen LogP contribution in [0.4, 0.5) is 11.5 Å². The van der Waals surface area contributed by atoms with Crippen molar-refractivity contribution in [3.8, 4) is 11.4 Å².